The lowest BCUT2D eigenvalue weighted by Crippen LogP contribution is -2.21. The van der Waals surface area contributed by atoms with Gasteiger partial charge in [0.2, 0.25) is 11.6 Å². The summed E-state index contributed by atoms with van der Waals surface area (Å²) in [5.41, 5.74) is 10.1. The molecule has 0 radical (unpaired) electrons. The van der Waals surface area contributed by atoms with Gasteiger partial charge in [-0.2, -0.15) is 9.78 Å². The van der Waals surface area contributed by atoms with Crippen LogP contribution in [0.2, 0.25) is 10.0 Å². The Morgan fingerprint density at radius 3 is 2.75 bits per heavy atom. The molecule has 3 N–H and O–H groups in total. The van der Waals surface area contributed by atoms with Gasteiger partial charge >= 0.3 is 0 Å². The Bertz CT molecular complexity index is 1040. The Kier molecular flexibility index (Phi) is 5.90. The number of hydrazone groups is 1. The van der Waals surface area contributed by atoms with E-state index in [1.807, 2.05) is 6.92 Å². The second kappa shape index (κ2) is 8.36. The van der Waals surface area contributed by atoms with E-state index < -0.39 is 5.91 Å². The monoisotopic (exact) mass is 422 g/mol. The van der Waals surface area contributed by atoms with Gasteiger partial charge in [0.15, 0.2) is 5.69 Å². The second-order valence-electron chi connectivity index (χ2n) is 5.79. The van der Waals surface area contributed by atoms with E-state index in [4.69, 9.17) is 28.9 Å². The summed E-state index contributed by atoms with van der Waals surface area (Å²) in [6.07, 6.45) is 1.25. The van der Waals surface area contributed by atoms with Gasteiger partial charge in [-0.15, -0.1) is 5.10 Å². The third kappa shape index (κ3) is 3.97. The second-order valence-corrected chi connectivity index (χ2v) is 6.60. The number of aromatic nitrogens is 5. The van der Waals surface area contributed by atoms with Crippen molar-refractivity contribution >= 4 is 40.6 Å². The summed E-state index contributed by atoms with van der Waals surface area (Å²) in [6.45, 7) is 3.68. The Balaban J connectivity index is 1.85. The minimum absolute atomic E-state index is 0.0442. The topological polar surface area (TPSA) is 137 Å². The van der Waals surface area contributed by atoms with Crippen LogP contribution in [0.25, 0.3) is 5.82 Å². The third-order valence-electron chi connectivity index (χ3n) is 3.82. The standard InChI is InChI=1S/C16H16Cl2N8O2/c1-3-4-12-13(21-25-26(12)15-14(19)23-28-24-15)16(27)22-20-8(2)9-5-6-10(17)11(18)7-9/h5-7H,3-4H2,1-2H3,(H2,19,23)(H,22,27)/b20-8-. The van der Waals surface area contributed by atoms with Gasteiger partial charge in [-0.3, -0.25) is 4.79 Å². The van der Waals surface area contributed by atoms with Crippen LogP contribution in [-0.2, 0) is 6.42 Å². The minimum Gasteiger partial charge on any atom is -0.378 e. The van der Waals surface area contributed by atoms with Gasteiger partial charge in [-0.1, -0.05) is 47.8 Å². The van der Waals surface area contributed by atoms with Gasteiger partial charge in [-0.05, 0) is 41.4 Å². The number of nitrogens with two attached hydrogens (primary N) is 1. The Labute approximate surface area is 169 Å². The Hall–Kier alpha value is -2.98. The molecule has 1 amide bonds. The van der Waals surface area contributed by atoms with E-state index in [9.17, 15) is 4.79 Å². The van der Waals surface area contributed by atoms with Gasteiger partial charge in [0.25, 0.3) is 5.91 Å². The molecule has 2 heterocycles. The number of benzene rings is 1. The van der Waals surface area contributed by atoms with Gasteiger partial charge in [-0.25, -0.2) is 10.1 Å². The highest BCUT2D eigenvalue weighted by atomic mass is 35.5. The molecule has 0 bridgehead atoms. The first-order chi connectivity index (χ1) is 13.4. The molecule has 3 aromatic rings. The maximum absolute atomic E-state index is 12.6. The number of carbonyl (C=O) groups is 1. The number of amides is 1. The quantitative estimate of drug-likeness (QED) is 0.459. The molecule has 0 spiro atoms. The number of hydrogen-bond acceptors (Lipinski definition) is 8. The van der Waals surface area contributed by atoms with E-state index in [0.29, 0.717) is 33.4 Å². The summed E-state index contributed by atoms with van der Waals surface area (Å²) in [5, 5.41) is 20.0. The lowest BCUT2D eigenvalue weighted by molar-refractivity contribution is 0.0948. The van der Waals surface area contributed by atoms with Crippen LogP contribution in [0.5, 0.6) is 0 Å². The molecule has 0 atom stereocenters. The largest absolute Gasteiger partial charge is 0.378 e. The van der Waals surface area contributed by atoms with Crippen molar-refractivity contribution in [1.29, 1.82) is 0 Å². The summed E-state index contributed by atoms with van der Waals surface area (Å²) in [5.74, 6) is -0.308. The molecule has 0 aliphatic carbocycles. The van der Waals surface area contributed by atoms with Crippen molar-refractivity contribution in [2.75, 3.05) is 5.73 Å². The summed E-state index contributed by atoms with van der Waals surface area (Å²) < 4.78 is 5.93. The summed E-state index contributed by atoms with van der Waals surface area (Å²) in [7, 11) is 0. The van der Waals surface area contributed by atoms with Crippen molar-refractivity contribution in [3.63, 3.8) is 0 Å². The molecule has 10 nitrogen and oxygen atoms in total. The third-order valence-corrected chi connectivity index (χ3v) is 4.56. The fourth-order valence-electron chi connectivity index (χ4n) is 2.42. The zero-order valence-corrected chi connectivity index (χ0v) is 16.5. The molecule has 12 heteroatoms. The lowest BCUT2D eigenvalue weighted by atomic mass is 10.1. The van der Waals surface area contributed by atoms with Crippen LogP contribution in [0.1, 0.15) is 42.0 Å². The van der Waals surface area contributed by atoms with Crippen LogP contribution in [0, 0.1) is 0 Å². The highest BCUT2D eigenvalue weighted by Crippen LogP contribution is 2.23. The van der Waals surface area contributed by atoms with Crippen molar-refractivity contribution in [2.24, 2.45) is 5.10 Å². The zero-order chi connectivity index (χ0) is 20.3. The van der Waals surface area contributed by atoms with E-state index in [-0.39, 0.29) is 17.3 Å². The summed E-state index contributed by atoms with van der Waals surface area (Å²) in [4.78, 5) is 12.6. The highest BCUT2D eigenvalue weighted by molar-refractivity contribution is 6.42. The predicted molar refractivity (Wildman–Crippen MR) is 104 cm³/mol. The molecular weight excluding hydrogens is 407 g/mol. The van der Waals surface area contributed by atoms with Crippen LogP contribution in [0.15, 0.2) is 27.9 Å². The molecule has 0 saturated carbocycles. The van der Waals surface area contributed by atoms with Gasteiger partial charge in [0, 0.05) is 0 Å². The van der Waals surface area contributed by atoms with E-state index in [2.05, 4.69) is 35.8 Å². The van der Waals surface area contributed by atoms with E-state index in [1.165, 1.54) is 4.68 Å². The van der Waals surface area contributed by atoms with Crippen molar-refractivity contribution in [3.05, 3.63) is 45.2 Å². The molecular formula is C16H16Cl2N8O2. The van der Waals surface area contributed by atoms with Crippen molar-refractivity contribution < 1.29 is 9.42 Å². The van der Waals surface area contributed by atoms with Crippen LogP contribution >= 0.6 is 23.2 Å². The molecule has 1 aromatic carbocycles. The number of hydrogen-bond donors (Lipinski definition) is 2. The first-order valence-corrected chi connectivity index (χ1v) is 9.01. The molecule has 3 rings (SSSR count). The fourth-order valence-corrected chi connectivity index (χ4v) is 2.72. The smallest absolute Gasteiger partial charge is 0.293 e. The van der Waals surface area contributed by atoms with Crippen molar-refractivity contribution in [1.82, 2.24) is 30.7 Å². The fraction of sp³-hybridized carbons (Fsp3) is 0.250. The summed E-state index contributed by atoms with van der Waals surface area (Å²) >= 11 is 11.9. The van der Waals surface area contributed by atoms with E-state index in [0.717, 1.165) is 6.42 Å². The van der Waals surface area contributed by atoms with Crippen LogP contribution in [-0.4, -0.2) is 36.9 Å². The molecule has 0 saturated heterocycles. The number of nitrogen functional groups attached to an aromatic ring is 1. The first kappa shape index (κ1) is 19.8. The minimum atomic E-state index is -0.524. The lowest BCUT2D eigenvalue weighted by Gasteiger charge is -2.05. The number of carbonyl (C=O) groups excluding carboxylic acids is 1. The average Bonchev–Trinajstić information content (AvgIpc) is 3.28. The molecule has 2 aromatic heterocycles. The normalized spacial score (nSPS) is 11.6. The van der Waals surface area contributed by atoms with Crippen LogP contribution in [0.4, 0.5) is 5.82 Å². The molecule has 0 unspecified atom stereocenters. The zero-order valence-electron chi connectivity index (χ0n) is 15.0. The first-order valence-electron chi connectivity index (χ1n) is 8.25. The number of halogens is 2. The molecule has 146 valence electrons. The maximum atomic E-state index is 12.6. The molecule has 28 heavy (non-hydrogen) atoms. The van der Waals surface area contributed by atoms with E-state index >= 15 is 0 Å². The Morgan fingerprint density at radius 1 is 1.32 bits per heavy atom. The number of nitrogens with zero attached hydrogens (tertiary/aromatic N) is 6. The van der Waals surface area contributed by atoms with Crippen molar-refractivity contribution in [3.8, 4) is 5.82 Å². The van der Waals surface area contributed by atoms with Crippen LogP contribution in [0.3, 0.4) is 0 Å². The molecule has 0 fully saturated rings. The average molecular weight is 423 g/mol. The molecule has 0 aliphatic heterocycles. The van der Waals surface area contributed by atoms with Crippen LogP contribution < -0.4 is 11.2 Å². The number of rotatable bonds is 6. The van der Waals surface area contributed by atoms with Gasteiger partial charge < -0.3 is 5.73 Å². The Morgan fingerprint density at radius 2 is 2.11 bits per heavy atom. The van der Waals surface area contributed by atoms with Gasteiger partial charge in [0.1, 0.15) is 0 Å². The number of nitrogens with one attached hydrogen (secondary N) is 1. The predicted octanol–water partition coefficient (Wildman–Crippen LogP) is 2.65. The highest BCUT2D eigenvalue weighted by Gasteiger charge is 2.23. The summed E-state index contributed by atoms with van der Waals surface area (Å²) in [6, 6.07) is 5.06. The number of anilines is 1. The maximum Gasteiger partial charge on any atom is 0.293 e. The van der Waals surface area contributed by atoms with Gasteiger partial charge in [0.05, 0.1) is 21.5 Å². The molecule has 0 aliphatic rings. The SMILES string of the molecule is CCCc1c(C(=O)N/N=C(/C)c2ccc(Cl)c(Cl)c2)nnn1-c1nonc1N. The van der Waals surface area contributed by atoms with Crippen molar-refractivity contribution in [2.45, 2.75) is 26.7 Å². The van der Waals surface area contributed by atoms with E-state index in [1.54, 1.807) is 25.1 Å².